The van der Waals surface area contributed by atoms with Gasteiger partial charge in [-0.15, -0.1) is 0 Å². The molecule has 0 aliphatic rings. The molecule has 0 aromatic heterocycles. The Labute approximate surface area is 239 Å². The van der Waals surface area contributed by atoms with Crippen LogP contribution in [0.3, 0.4) is 0 Å². The molecule has 0 heterocycles. The third-order valence-electron chi connectivity index (χ3n) is 4.66. The van der Waals surface area contributed by atoms with Crippen LogP contribution in [0, 0.1) is 46.9 Å². The van der Waals surface area contributed by atoms with Crippen LogP contribution < -0.4 is 16.2 Å². The third-order valence-corrected chi connectivity index (χ3v) is 4.66. The second-order valence-corrected chi connectivity index (χ2v) is 6.69. The summed E-state index contributed by atoms with van der Waals surface area (Å²) in [5.41, 5.74) is 16.1. The minimum absolute atomic E-state index is 0. The van der Waals surface area contributed by atoms with Gasteiger partial charge in [-0.2, -0.15) is 0 Å². The standard InChI is InChI=1S/C24H34N3O3.C2H6.Yb/c1-6-9-22(18(4)25)20(7-2)16-27(8-3)24(26)23(17-28)30-15-14-19-10-12-21(29-5)13-11-19;1-2;/h6-7,9-13H,8,14-16,25-26H2,1-5H3;1-2H3;/q-1;;/b9-6-,20-7-,22-18-,24-23-;;. The van der Waals surface area contributed by atoms with Crippen LogP contribution in [-0.4, -0.2) is 38.0 Å². The van der Waals surface area contributed by atoms with Gasteiger partial charge in [-0.3, -0.25) is 0 Å². The van der Waals surface area contributed by atoms with Crippen molar-refractivity contribution in [1.29, 1.82) is 0 Å². The van der Waals surface area contributed by atoms with E-state index in [2.05, 4.69) is 0 Å². The first kappa shape index (κ1) is 33.5. The molecule has 0 fully saturated rings. The maximum absolute atomic E-state index is 11.5. The topological polar surface area (TPSA) is 90.8 Å². The monoisotopic (exact) mass is 616 g/mol. The largest absolute Gasteiger partial charge is 0.525 e. The molecule has 0 saturated heterocycles. The van der Waals surface area contributed by atoms with Crippen molar-refractivity contribution >= 4 is 6.29 Å². The summed E-state index contributed by atoms with van der Waals surface area (Å²) in [5.74, 6) is 1.07. The number of likely N-dealkylation sites (N-methyl/N-ethyl adjacent to an activating group) is 1. The normalized spacial score (nSPS) is 12.5. The van der Waals surface area contributed by atoms with Crippen LogP contribution in [0.4, 0.5) is 0 Å². The summed E-state index contributed by atoms with van der Waals surface area (Å²) in [4.78, 5) is 13.4. The van der Waals surface area contributed by atoms with Crippen LogP contribution in [0.5, 0.6) is 5.75 Å². The Bertz CT molecular complexity index is 809. The van der Waals surface area contributed by atoms with Crippen LogP contribution in [-0.2, 0) is 16.0 Å². The van der Waals surface area contributed by atoms with Crippen molar-refractivity contribution in [2.75, 3.05) is 26.8 Å². The number of allylic oxidation sites excluding steroid dienone is 5. The van der Waals surface area contributed by atoms with Crippen LogP contribution in [0.25, 0.3) is 0 Å². The van der Waals surface area contributed by atoms with Gasteiger partial charge in [-0.25, -0.2) is 0 Å². The molecule has 0 unspecified atom stereocenters. The number of ether oxygens (including phenoxy) is 2. The Kier molecular flexibility index (Phi) is 20.1. The van der Waals surface area contributed by atoms with E-state index in [-0.39, 0.29) is 58.5 Å². The second-order valence-electron chi connectivity index (χ2n) is 6.69. The average molecular weight is 616 g/mol. The molecule has 1 rings (SSSR count). The molecule has 0 atom stereocenters. The number of rotatable bonds is 12. The summed E-state index contributed by atoms with van der Waals surface area (Å²) in [5, 5.41) is 0. The number of carbonyl (C=O) groups excluding carboxylic acids is 1. The third kappa shape index (κ3) is 11.9. The first-order chi connectivity index (χ1) is 15.4. The van der Waals surface area contributed by atoms with E-state index >= 15 is 0 Å². The quantitative estimate of drug-likeness (QED) is 0.155. The van der Waals surface area contributed by atoms with E-state index in [1.807, 2.05) is 95.2 Å². The molecular weight excluding hydrogens is 575 g/mol. The van der Waals surface area contributed by atoms with Gasteiger partial charge in [0.1, 0.15) is 5.75 Å². The van der Waals surface area contributed by atoms with Gasteiger partial charge in [0, 0.05) is 77.6 Å². The molecule has 4 N–H and O–H groups in total. The summed E-state index contributed by atoms with van der Waals surface area (Å²) in [6.07, 6.45) is 8.38. The first-order valence-electron chi connectivity index (χ1n) is 11.0. The minimum atomic E-state index is 0. The minimum Gasteiger partial charge on any atom is -0.525 e. The number of hydrogen-bond acceptors (Lipinski definition) is 6. The van der Waals surface area contributed by atoms with Crippen molar-refractivity contribution in [2.45, 2.75) is 48.0 Å². The fourth-order valence-corrected chi connectivity index (χ4v) is 2.93. The molecule has 192 valence electrons. The molecule has 1 aromatic carbocycles. The van der Waals surface area contributed by atoms with E-state index in [0.717, 1.165) is 28.2 Å². The van der Waals surface area contributed by atoms with Crippen LogP contribution in [0.2, 0.25) is 0 Å². The Hall–Kier alpha value is -1.63. The Morgan fingerprint density at radius 1 is 1.15 bits per heavy atom. The molecule has 33 heavy (non-hydrogen) atoms. The number of nitrogens with two attached hydrogens (primary N) is 2. The second kappa shape index (κ2) is 19.8. The van der Waals surface area contributed by atoms with E-state index < -0.39 is 0 Å². The van der Waals surface area contributed by atoms with Crippen molar-refractivity contribution in [3.05, 3.63) is 76.5 Å². The smallest absolute Gasteiger partial charge is 0.118 e. The van der Waals surface area contributed by atoms with Gasteiger partial charge in [-0.1, -0.05) is 44.2 Å². The number of hydrogen-bond donors (Lipinski definition) is 2. The maximum Gasteiger partial charge on any atom is 0.118 e. The maximum atomic E-state index is 11.5. The van der Waals surface area contributed by atoms with Crippen molar-refractivity contribution in [3.8, 4) is 5.75 Å². The zero-order valence-electron chi connectivity index (χ0n) is 21.0. The molecule has 0 spiro atoms. The van der Waals surface area contributed by atoms with Gasteiger partial charge < -0.3 is 30.6 Å². The Morgan fingerprint density at radius 2 is 1.76 bits per heavy atom. The molecule has 1 aromatic rings. The molecule has 6 nitrogen and oxygen atoms in total. The Morgan fingerprint density at radius 3 is 2.18 bits per heavy atom. The summed E-state index contributed by atoms with van der Waals surface area (Å²) >= 11 is 0. The summed E-state index contributed by atoms with van der Waals surface area (Å²) in [7, 11) is 1.63. The van der Waals surface area contributed by atoms with Crippen molar-refractivity contribution in [3.63, 3.8) is 0 Å². The molecule has 0 aliphatic carbocycles. The Balaban J connectivity index is 0. The van der Waals surface area contributed by atoms with E-state index in [4.69, 9.17) is 20.9 Å². The molecule has 0 aliphatic heterocycles. The van der Waals surface area contributed by atoms with E-state index in [1.165, 1.54) is 0 Å². The van der Waals surface area contributed by atoms with Gasteiger partial charge >= 0.3 is 0 Å². The predicted molar refractivity (Wildman–Crippen MR) is 134 cm³/mol. The van der Waals surface area contributed by atoms with E-state index in [1.54, 1.807) is 7.11 Å². The van der Waals surface area contributed by atoms with Crippen LogP contribution in [0.1, 0.15) is 47.1 Å². The van der Waals surface area contributed by atoms with Gasteiger partial charge in [0.25, 0.3) is 0 Å². The SMILES string of the molecule is CC.C\C=C/C(=C(\C)N)C(=C\C)/CN(CC)/C(N)=C(/[C-]=O)OCCc1ccc(OC)cc1.[Yb]. The zero-order chi connectivity index (χ0) is 24.5. The van der Waals surface area contributed by atoms with Gasteiger partial charge in [0.2, 0.25) is 0 Å². The first-order valence-corrected chi connectivity index (χ1v) is 11.0. The summed E-state index contributed by atoms with van der Waals surface area (Å²) in [6.45, 7) is 13.1. The number of benzene rings is 1. The van der Waals surface area contributed by atoms with Crippen molar-refractivity contribution < 1.29 is 61.2 Å². The predicted octanol–water partition coefficient (Wildman–Crippen LogP) is 4.60. The summed E-state index contributed by atoms with van der Waals surface area (Å²) in [6, 6.07) is 7.69. The number of methoxy groups -OCH3 is 1. The molecule has 0 bridgehead atoms. The van der Waals surface area contributed by atoms with E-state index in [9.17, 15) is 4.79 Å². The number of nitrogens with zero attached hydrogens (tertiary/aromatic N) is 1. The average Bonchev–Trinajstić information content (AvgIpc) is 2.82. The molecular formula is C26H40N3O3Yb-. The molecule has 0 saturated carbocycles. The van der Waals surface area contributed by atoms with Crippen LogP contribution in [0.15, 0.2) is 70.9 Å². The molecule has 0 amide bonds. The molecule has 7 heteroatoms. The zero-order valence-corrected chi connectivity index (χ0v) is 22.7. The van der Waals surface area contributed by atoms with Crippen molar-refractivity contribution in [1.82, 2.24) is 4.90 Å². The van der Waals surface area contributed by atoms with Crippen molar-refractivity contribution in [2.24, 2.45) is 11.5 Å². The summed E-state index contributed by atoms with van der Waals surface area (Å²) < 4.78 is 10.8. The van der Waals surface area contributed by atoms with Gasteiger partial charge in [-0.05, 0) is 68.9 Å². The fraction of sp³-hybridized carbons (Fsp3) is 0.423. The van der Waals surface area contributed by atoms with Gasteiger partial charge in [0.15, 0.2) is 0 Å². The molecule has 0 radical (unpaired) electrons. The fourth-order valence-electron chi connectivity index (χ4n) is 2.93. The van der Waals surface area contributed by atoms with Crippen LogP contribution >= 0.6 is 0 Å². The van der Waals surface area contributed by atoms with Gasteiger partial charge in [0.05, 0.1) is 13.7 Å². The van der Waals surface area contributed by atoms with E-state index in [0.29, 0.717) is 26.1 Å².